The van der Waals surface area contributed by atoms with E-state index < -0.39 is 12.1 Å². The van der Waals surface area contributed by atoms with Gasteiger partial charge in [-0.15, -0.1) is 0 Å². The maximum atomic E-state index is 12.5. The fourth-order valence-electron chi connectivity index (χ4n) is 2.75. The van der Waals surface area contributed by atoms with Gasteiger partial charge in [0.05, 0.1) is 24.1 Å². The van der Waals surface area contributed by atoms with E-state index in [0.717, 1.165) is 0 Å². The second-order valence-electron chi connectivity index (χ2n) is 6.04. The van der Waals surface area contributed by atoms with E-state index in [2.05, 4.69) is 15.6 Å². The van der Waals surface area contributed by atoms with Crippen LogP contribution in [0.3, 0.4) is 0 Å². The molecule has 0 aliphatic rings. The number of anilines is 1. The van der Waals surface area contributed by atoms with Gasteiger partial charge in [-0.2, -0.15) is 0 Å². The molecule has 0 aliphatic carbocycles. The number of fused-ring (bicyclic) bond motifs is 1. The van der Waals surface area contributed by atoms with Gasteiger partial charge in [0.1, 0.15) is 11.6 Å². The Balaban J connectivity index is 1.80. The van der Waals surface area contributed by atoms with Crippen LogP contribution in [0.1, 0.15) is 18.8 Å². The van der Waals surface area contributed by atoms with Crippen LogP contribution in [0.15, 0.2) is 47.3 Å². The van der Waals surface area contributed by atoms with Crippen LogP contribution in [0.4, 0.5) is 10.5 Å². The minimum Gasteiger partial charge on any atom is -0.497 e. The van der Waals surface area contributed by atoms with E-state index in [1.165, 1.54) is 4.57 Å². The molecular weight excluding hydrogens is 368 g/mol. The Hall–Kier alpha value is -3.06. The lowest BCUT2D eigenvalue weighted by molar-refractivity contribution is 0.248. The van der Waals surface area contributed by atoms with Crippen LogP contribution >= 0.6 is 11.6 Å². The molecule has 2 amide bonds. The van der Waals surface area contributed by atoms with Gasteiger partial charge in [0, 0.05) is 17.8 Å². The Morgan fingerprint density at radius 3 is 2.59 bits per heavy atom. The van der Waals surface area contributed by atoms with Crippen molar-refractivity contribution >= 4 is 34.2 Å². The zero-order valence-electron chi connectivity index (χ0n) is 15.1. The molecule has 1 aromatic heterocycles. The highest BCUT2D eigenvalue weighted by atomic mass is 35.5. The van der Waals surface area contributed by atoms with E-state index in [4.69, 9.17) is 16.3 Å². The quantitative estimate of drug-likeness (QED) is 0.718. The SMILES string of the molecule is COc1ccc(NC(=O)N[C@@H](C)c2nc3cc(Cl)ccc3c(=O)n2C)cc1. The predicted octanol–water partition coefficient (Wildman–Crippen LogP) is 3.48. The third kappa shape index (κ3) is 4.03. The van der Waals surface area contributed by atoms with Crippen molar-refractivity contribution in [3.05, 3.63) is 63.7 Å². The van der Waals surface area contributed by atoms with E-state index in [1.54, 1.807) is 63.5 Å². The summed E-state index contributed by atoms with van der Waals surface area (Å²) in [7, 11) is 3.20. The molecule has 0 fully saturated rings. The van der Waals surface area contributed by atoms with Crippen LogP contribution in [0.2, 0.25) is 5.02 Å². The number of hydrogen-bond acceptors (Lipinski definition) is 4. The molecule has 0 unspecified atom stereocenters. The average molecular weight is 387 g/mol. The van der Waals surface area contributed by atoms with Crippen LogP contribution in [-0.2, 0) is 7.05 Å². The van der Waals surface area contributed by atoms with Crippen molar-refractivity contribution < 1.29 is 9.53 Å². The summed E-state index contributed by atoms with van der Waals surface area (Å²) in [6.45, 7) is 1.76. The number of ether oxygens (including phenoxy) is 1. The molecule has 0 saturated heterocycles. The smallest absolute Gasteiger partial charge is 0.319 e. The fourth-order valence-corrected chi connectivity index (χ4v) is 2.92. The Kier molecular flexibility index (Phi) is 5.32. The number of carbonyl (C=O) groups is 1. The van der Waals surface area contributed by atoms with Crippen molar-refractivity contribution in [2.45, 2.75) is 13.0 Å². The number of nitrogens with zero attached hydrogens (tertiary/aromatic N) is 2. The number of carbonyl (C=O) groups excluding carboxylic acids is 1. The lowest BCUT2D eigenvalue weighted by atomic mass is 10.2. The van der Waals surface area contributed by atoms with Gasteiger partial charge in [-0.25, -0.2) is 9.78 Å². The molecule has 0 spiro atoms. The van der Waals surface area contributed by atoms with Gasteiger partial charge >= 0.3 is 6.03 Å². The van der Waals surface area contributed by atoms with Crippen molar-refractivity contribution in [3.8, 4) is 5.75 Å². The molecule has 0 radical (unpaired) electrons. The lowest BCUT2D eigenvalue weighted by Crippen LogP contribution is -2.35. The summed E-state index contributed by atoms with van der Waals surface area (Å²) < 4.78 is 6.51. The number of methoxy groups -OCH3 is 1. The number of nitrogens with one attached hydrogen (secondary N) is 2. The van der Waals surface area contributed by atoms with Gasteiger partial charge in [-0.1, -0.05) is 11.6 Å². The second-order valence-corrected chi connectivity index (χ2v) is 6.48. The van der Waals surface area contributed by atoms with Crippen LogP contribution < -0.4 is 20.9 Å². The first kappa shape index (κ1) is 18.7. The fraction of sp³-hybridized carbons (Fsp3) is 0.211. The van der Waals surface area contributed by atoms with Gasteiger partial charge in [0.25, 0.3) is 5.56 Å². The van der Waals surface area contributed by atoms with Crippen LogP contribution in [0.5, 0.6) is 5.75 Å². The molecule has 140 valence electrons. The zero-order valence-corrected chi connectivity index (χ0v) is 15.9. The third-order valence-electron chi connectivity index (χ3n) is 4.16. The second kappa shape index (κ2) is 7.67. The van der Waals surface area contributed by atoms with Gasteiger partial charge in [0.2, 0.25) is 0 Å². The Labute approximate surface area is 160 Å². The number of halogens is 1. The lowest BCUT2D eigenvalue weighted by Gasteiger charge is -2.17. The number of amides is 2. The Morgan fingerprint density at radius 2 is 1.93 bits per heavy atom. The van der Waals surface area contributed by atoms with Gasteiger partial charge in [-0.3, -0.25) is 9.36 Å². The summed E-state index contributed by atoms with van der Waals surface area (Å²) in [5.41, 5.74) is 0.910. The number of benzene rings is 2. The monoisotopic (exact) mass is 386 g/mol. The van der Waals surface area contributed by atoms with E-state index in [0.29, 0.717) is 33.2 Å². The standard InChI is InChI=1S/C19H19ClN4O3/c1-11(21-19(26)22-13-5-7-14(27-3)8-6-13)17-23-16-10-12(20)4-9-15(16)18(25)24(17)2/h4-11H,1-3H3,(H2,21,22,26)/t11-/m0/s1. The summed E-state index contributed by atoms with van der Waals surface area (Å²) in [5, 5.41) is 6.48. The molecule has 2 aromatic carbocycles. The van der Waals surface area contributed by atoms with Gasteiger partial charge in [-0.05, 0) is 49.4 Å². The molecular formula is C19H19ClN4O3. The molecule has 0 saturated carbocycles. The highest BCUT2D eigenvalue weighted by Gasteiger charge is 2.17. The first-order chi connectivity index (χ1) is 12.9. The van der Waals surface area contributed by atoms with E-state index in [-0.39, 0.29) is 5.56 Å². The summed E-state index contributed by atoms with van der Waals surface area (Å²) in [4.78, 5) is 29.3. The highest BCUT2D eigenvalue weighted by molar-refractivity contribution is 6.31. The zero-order chi connectivity index (χ0) is 19.6. The first-order valence-electron chi connectivity index (χ1n) is 8.27. The van der Waals surface area contributed by atoms with Crippen LogP contribution in [0, 0.1) is 0 Å². The summed E-state index contributed by atoms with van der Waals surface area (Å²) in [5.74, 6) is 1.13. The maximum absolute atomic E-state index is 12.5. The normalized spacial score (nSPS) is 11.9. The number of urea groups is 1. The topological polar surface area (TPSA) is 85.2 Å². The molecule has 2 N–H and O–H groups in total. The number of rotatable bonds is 4. The molecule has 1 heterocycles. The third-order valence-corrected chi connectivity index (χ3v) is 4.39. The predicted molar refractivity (Wildman–Crippen MR) is 106 cm³/mol. The number of hydrogen-bond donors (Lipinski definition) is 2. The van der Waals surface area contributed by atoms with Gasteiger partial charge < -0.3 is 15.4 Å². The molecule has 8 heteroatoms. The summed E-state index contributed by atoms with van der Waals surface area (Å²) >= 11 is 6.00. The molecule has 1 atom stereocenters. The largest absolute Gasteiger partial charge is 0.497 e. The minimum atomic E-state index is -0.496. The van der Waals surface area contributed by atoms with Gasteiger partial charge in [0.15, 0.2) is 0 Å². The molecule has 3 aromatic rings. The van der Waals surface area contributed by atoms with Crippen LogP contribution in [-0.4, -0.2) is 22.7 Å². The maximum Gasteiger partial charge on any atom is 0.319 e. The molecule has 0 aliphatic heterocycles. The number of aromatic nitrogens is 2. The van der Waals surface area contributed by atoms with Crippen LogP contribution in [0.25, 0.3) is 10.9 Å². The van der Waals surface area contributed by atoms with Crippen molar-refractivity contribution in [1.82, 2.24) is 14.9 Å². The van der Waals surface area contributed by atoms with Crippen molar-refractivity contribution in [2.24, 2.45) is 7.05 Å². The highest BCUT2D eigenvalue weighted by Crippen LogP contribution is 2.18. The molecule has 3 rings (SSSR count). The molecule has 0 bridgehead atoms. The van der Waals surface area contributed by atoms with E-state index in [9.17, 15) is 9.59 Å². The minimum absolute atomic E-state index is 0.198. The average Bonchev–Trinajstić information content (AvgIpc) is 2.65. The summed E-state index contributed by atoms with van der Waals surface area (Å²) in [6.07, 6.45) is 0. The van der Waals surface area contributed by atoms with Crippen molar-refractivity contribution in [3.63, 3.8) is 0 Å². The molecule has 7 nitrogen and oxygen atoms in total. The van der Waals surface area contributed by atoms with E-state index >= 15 is 0 Å². The van der Waals surface area contributed by atoms with Crippen molar-refractivity contribution in [2.75, 3.05) is 12.4 Å². The first-order valence-corrected chi connectivity index (χ1v) is 8.64. The summed E-state index contributed by atoms with van der Waals surface area (Å²) in [6, 6.07) is 11.0. The Morgan fingerprint density at radius 1 is 1.22 bits per heavy atom. The van der Waals surface area contributed by atoms with E-state index in [1.807, 2.05) is 0 Å². The van der Waals surface area contributed by atoms with Crippen molar-refractivity contribution in [1.29, 1.82) is 0 Å². The Bertz CT molecular complexity index is 1050. The molecule has 27 heavy (non-hydrogen) atoms.